The van der Waals surface area contributed by atoms with Gasteiger partial charge in [0.05, 0.1) is 39.4 Å². The Morgan fingerprint density at radius 2 is 2.07 bits per heavy atom. The summed E-state index contributed by atoms with van der Waals surface area (Å²) in [6.07, 6.45) is 0.418. The fourth-order valence-electron chi connectivity index (χ4n) is 8.50. The number of benzene rings is 1. The number of hydrogen-bond donors (Lipinski definition) is 2. The predicted molar refractivity (Wildman–Crippen MR) is 166 cm³/mol. The summed E-state index contributed by atoms with van der Waals surface area (Å²) in [5, 5.41) is 3.53. The van der Waals surface area contributed by atoms with Crippen molar-refractivity contribution < 1.29 is 27.0 Å². The Labute approximate surface area is 268 Å². The van der Waals surface area contributed by atoms with Gasteiger partial charge < -0.3 is 25.4 Å². The Morgan fingerprint density at radius 1 is 1.24 bits per heavy atom. The molecule has 9 nitrogen and oxygen atoms in total. The standard InChI is InChI=1S/C32H34ClF4N7O2/c1-15-11-31(7-3-8-43(31)12-15)14-46-30-41-27-22-28(45-9-6-19-18-5-4-17(39-18)13-44(19)29(22)42-30)24(33)21(25(27)34)26-23(32(35,36)37)16(2)10-20(38)40-26/h10,17-19,39H,1,3-9,11-14H2,2H3,(H2,38,40)/t17-,18+,19-,31+/m1/s1. The van der Waals surface area contributed by atoms with Crippen LogP contribution in [0.3, 0.4) is 0 Å². The van der Waals surface area contributed by atoms with E-state index in [4.69, 9.17) is 31.8 Å². The van der Waals surface area contributed by atoms with Crippen molar-refractivity contribution >= 4 is 34.1 Å². The van der Waals surface area contributed by atoms with E-state index in [9.17, 15) is 13.2 Å². The number of anilines is 2. The number of piperazine rings is 1. The van der Waals surface area contributed by atoms with Gasteiger partial charge >= 0.3 is 12.2 Å². The highest BCUT2D eigenvalue weighted by molar-refractivity contribution is 6.36. The number of halogens is 5. The summed E-state index contributed by atoms with van der Waals surface area (Å²) in [6, 6.07) is 1.43. The summed E-state index contributed by atoms with van der Waals surface area (Å²) >= 11 is 6.85. The van der Waals surface area contributed by atoms with E-state index >= 15 is 4.39 Å². The predicted octanol–water partition coefficient (Wildman–Crippen LogP) is 5.66. The van der Waals surface area contributed by atoms with Crippen LogP contribution in [0, 0.1) is 12.7 Å². The lowest BCUT2D eigenvalue weighted by molar-refractivity contribution is -0.137. The number of rotatable bonds is 4. The van der Waals surface area contributed by atoms with Crippen LogP contribution in [-0.4, -0.2) is 76.4 Å². The number of hydrogen-bond acceptors (Lipinski definition) is 9. The number of aromatic nitrogens is 3. The van der Waals surface area contributed by atoms with Gasteiger partial charge in [-0.15, -0.1) is 0 Å². The minimum Gasteiger partial charge on any atom is -0.491 e. The van der Waals surface area contributed by atoms with Crippen LogP contribution >= 0.6 is 11.6 Å². The van der Waals surface area contributed by atoms with Crippen molar-refractivity contribution in [2.75, 3.05) is 43.5 Å². The van der Waals surface area contributed by atoms with Crippen LogP contribution in [-0.2, 0) is 6.18 Å². The lowest BCUT2D eigenvalue weighted by atomic mass is 9.94. The summed E-state index contributed by atoms with van der Waals surface area (Å²) in [5.41, 5.74) is 3.91. The monoisotopic (exact) mass is 659 g/mol. The summed E-state index contributed by atoms with van der Waals surface area (Å²) in [4.78, 5) is 17.9. The van der Waals surface area contributed by atoms with Crippen LogP contribution < -0.4 is 25.4 Å². The minimum absolute atomic E-state index is 0.00323. The summed E-state index contributed by atoms with van der Waals surface area (Å²) in [5.74, 6) is -0.866. The molecule has 46 heavy (non-hydrogen) atoms. The number of nitrogens with one attached hydrogen (secondary N) is 1. The van der Waals surface area contributed by atoms with Crippen molar-refractivity contribution in [1.29, 1.82) is 0 Å². The average Bonchev–Trinajstić information content (AvgIpc) is 3.64. The van der Waals surface area contributed by atoms with E-state index in [1.807, 2.05) is 0 Å². The molecular formula is C32H34ClF4N7O2. The molecule has 5 aliphatic heterocycles. The molecule has 244 valence electrons. The molecule has 0 saturated carbocycles. The Bertz CT molecular complexity index is 1790. The molecule has 3 N–H and O–H groups in total. The Morgan fingerprint density at radius 3 is 2.87 bits per heavy atom. The first-order chi connectivity index (χ1) is 21.9. The molecule has 3 aromatic rings. The van der Waals surface area contributed by atoms with Crippen molar-refractivity contribution in [3.63, 3.8) is 0 Å². The van der Waals surface area contributed by atoms with Crippen LogP contribution in [0.25, 0.3) is 22.2 Å². The largest absolute Gasteiger partial charge is 0.491 e. The van der Waals surface area contributed by atoms with Crippen LogP contribution in [0.2, 0.25) is 5.02 Å². The molecule has 0 radical (unpaired) electrons. The second-order valence-electron chi connectivity index (χ2n) is 13.3. The third-order valence-corrected chi connectivity index (χ3v) is 10.8. The number of pyridine rings is 1. The molecule has 8 rings (SSSR count). The molecule has 0 unspecified atom stereocenters. The molecule has 5 aliphatic rings. The van der Waals surface area contributed by atoms with Crippen LogP contribution in [0.5, 0.6) is 11.8 Å². The van der Waals surface area contributed by atoms with E-state index in [1.165, 1.54) is 6.92 Å². The van der Waals surface area contributed by atoms with Crippen LogP contribution in [0.4, 0.5) is 29.2 Å². The van der Waals surface area contributed by atoms with E-state index in [1.54, 1.807) is 0 Å². The van der Waals surface area contributed by atoms with E-state index < -0.39 is 28.8 Å². The zero-order valence-corrected chi connectivity index (χ0v) is 26.1. The molecule has 0 amide bonds. The number of ether oxygens (including phenoxy) is 2. The van der Waals surface area contributed by atoms with Gasteiger partial charge in [-0.05, 0) is 57.2 Å². The molecular weight excluding hydrogens is 626 g/mol. The first kappa shape index (κ1) is 29.9. The number of nitrogens with zero attached hydrogens (tertiary/aromatic N) is 5. The smallest absolute Gasteiger partial charge is 0.418 e. The van der Waals surface area contributed by atoms with Crippen molar-refractivity contribution in [3.05, 3.63) is 40.2 Å². The van der Waals surface area contributed by atoms with Gasteiger partial charge in [-0.2, -0.15) is 23.1 Å². The molecule has 4 atom stereocenters. The van der Waals surface area contributed by atoms with E-state index in [0.717, 1.165) is 56.8 Å². The molecule has 2 aromatic heterocycles. The lowest BCUT2D eigenvalue weighted by Crippen LogP contribution is -2.59. The third-order valence-electron chi connectivity index (χ3n) is 10.4. The first-order valence-electron chi connectivity index (χ1n) is 15.7. The second kappa shape index (κ2) is 10.5. The normalized spacial score (nSPS) is 27.4. The number of nitrogens with two attached hydrogens (primary N) is 1. The maximum atomic E-state index is 17.0. The summed E-state index contributed by atoms with van der Waals surface area (Å²) in [6.45, 7) is 8.26. The van der Waals surface area contributed by atoms with Crippen LogP contribution in [0.1, 0.15) is 49.7 Å². The molecule has 1 aromatic carbocycles. The second-order valence-corrected chi connectivity index (χ2v) is 13.7. The highest BCUT2D eigenvalue weighted by atomic mass is 35.5. The topological polar surface area (TPSA) is 102 Å². The Kier molecular flexibility index (Phi) is 6.87. The Balaban J connectivity index is 1.35. The van der Waals surface area contributed by atoms with Gasteiger partial charge in [-0.3, -0.25) is 4.90 Å². The van der Waals surface area contributed by atoms with Crippen molar-refractivity contribution in [2.45, 2.75) is 75.3 Å². The van der Waals surface area contributed by atoms with Gasteiger partial charge in [0.15, 0.2) is 11.6 Å². The van der Waals surface area contributed by atoms with Gasteiger partial charge in [-0.1, -0.05) is 23.8 Å². The Hall–Kier alpha value is -3.42. The number of fused-ring (bicyclic) bond motifs is 6. The van der Waals surface area contributed by atoms with Crippen molar-refractivity contribution in [2.24, 2.45) is 0 Å². The fraction of sp³-hybridized carbons (Fsp3) is 0.531. The molecule has 2 bridgehead atoms. The lowest BCUT2D eigenvalue weighted by Gasteiger charge is -2.43. The molecule has 4 saturated heterocycles. The summed E-state index contributed by atoms with van der Waals surface area (Å²) < 4.78 is 72.9. The average molecular weight is 660 g/mol. The molecule has 4 fully saturated rings. The van der Waals surface area contributed by atoms with Gasteiger partial charge in [0.2, 0.25) is 0 Å². The van der Waals surface area contributed by atoms with Gasteiger partial charge in [0.1, 0.15) is 23.8 Å². The summed E-state index contributed by atoms with van der Waals surface area (Å²) in [7, 11) is 0. The molecule has 0 aliphatic carbocycles. The van der Waals surface area contributed by atoms with E-state index in [-0.39, 0.29) is 75.9 Å². The third kappa shape index (κ3) is 4.60. The van der Waals surface area contributed by atoms with Gasteiger partial charge in [0, 0.05) is 37.6 Å². The molecule has 14 heteroatoms. The minimum atomic E-state index is -4.87. The molecule has 7 heterocycles. The van der Waals surface area contributed by atoms with Crippen molar-refractivity contribution in [1.82, 2.24) is 25.2 Å². The zero-order valence-electron chi connectivity index (χ0n) is 25.3. The van der Waals surface area contributed by atoms with Crippen LogP contribution in [0.15, 0.2) is 18.2 Å². The maximum absolute atomic E-state index is 17.0. The number of nitrogen functional groups attached to an aromatic ring is 1. The van der Waals surface area contributed by atoms with Gasteiger partial charge in [0.25, 0.3) is 0 Å². The highest BCUT2D eigenvalue weighted by Crippen LogP contribution is 2.51. The first-order valence-corrected chi connectivity index (χ1v) is 16.1. The number of alkyl halides is 3. The molecule has 0 spiro atoms. The zero-order chi connectivity index (χ0) is 32.1. The highest BCUT2D eigenvalue weighted by Gasteiger charge is 2.47. The number of aryl methyl sites for hydroxylation is 1. The van der Waals surface area contributed by atoms with Crippen molar-refractivity contribution in [3.8, 4) is 23.0 Å². The fourth-order valence-corrected chi connectivity index (χ4v) is 8.82. The van der Waals surface area contributed by atoms with E-state index in [0.29, 0.717) is 18.8 Å². The van der Waals surface area contributed by atoms with E-state index in [2.05, 4.69) is 31.7 Å². The SMILES string of the molecule is C=C1CN2CCC[C@@]2(COc2nc3c4c(c(Cl)c(-c5nc(N)cc(C)c5C(F)(F)F)c(F)c4n2)OCC[C@@H]2[C@@H]4CC[C@H](CN32)N4)C1. The van der Waals surface area contributed by atoms with Gasteiger partial charge in [-0.25, -0.2) is 9.37 Å². The quantitative estimate of drug-likeness (QED) is 0.272. The maximum Gasteiger partial charge on any atom is 0.418 e.